The molecule has 0 aliphatic heterocycles. The van der Waals surface area contributed by atoms with Gasteiger partial charge in [0.25, 0.3) is 10.8 Å². The Hall–Kier alpha value is -3.46. The number of amides is 2. The molecular formula is C22H23N5O3S. The predicted molar refractivity (Wildman–Crippen MR) is 121 cm³/mol. The first-order chi connectivity index (χ1) is 14.8. The molecule has 0 saturated carbocycles. The molecule has 2 N–H and O–H groups in total. The highest BCUT2D eigenvalue weighted by atomic mass is 32.2. The first-order valence-corrected chi connectivity index (χ1v) is 10.4. The van der Waals surface area contributed by atoms with Crippen LogP contribution >= 0.6 is 11.8 Å². The number of nitrogens with zero attached hydrogens (tertiary/aromatic N) is 3. The molecule has 31 heavy (non-hydrogen) atoms. The van der Waals surface area contributed by atoms with Crippen molar-refractivity contribution in [2.24, 2.45) is 0 Å². The minimum absolute atomic E-state index is 0.112. The van der Waals surface area contributed by atoms with Gasteiger partial charge in [0.15, 0.2) is 0 Å². The number of H-pyrrole nitrogens is 1. The maximum atomic E-state index is 12.6. The molecule has 0 aliphatic carbocycles. The van der Waals surface area contributed by atoms with E-state index in [1.165, 1.54) is 4.90 Å². The first-order valence-electron chi connectivity index (χ1n) is 9.63. The van der Waals surface area contributed by atoms with Gasteiger partial charge in [-0.3, -0.25) is 19.4 Å². The Morgan fingerprint density at radius 2 is 1.84 bits per heavy atom. The van der Waals surface area contributed by atoms with Gasteiger partial charge in [0.05, 0.1) is 5.69 Å². The third kappa shape index (κ3) is 5.79. The number of para-hydroxylation sites is 1. The number of carbonyl (C=O) groups is 2. The molecule has 1 aromatic carbocycles. The van der Waals surface area contributed by atoms with Crippen LogP contribution in [0.1, 0.15) is 17.7 Å². The number of hydrogen-bond acceptors (Lipinski definition) is 6. The number of benzene rings is 1. The van der Waals surface area contributed by atoms with Crippen LogP contribution in [-0.2, 0) is 11.2 Å². The molecule has 0 spiro atoms. The number of aryl methyl sites for hydroxylation is 1. The number of aromatic nitrogens is 3. The Bertz CT molecular complexity index is 1150. The number of carbonyl (C=O) groups excluding carboxylic acids is 2. The fourth-order valence-electron chi connectivity index (χ4n) is 2.85. The molecule has 0 saturated heterocycles. The van der Waals surface area contributed by atoms with Gasteiger partial charge in [-0.15, -0.1) is 0 Å². The minimum Gasteiger partial charge on any atom is -0.339 e. The van der Waals surface area contributed by atoms with Crippen LogP contribution in [0, 0.1) is 6.92 Å². The highest BCUT2D eigenvalue weighted by Crippen LogP contribution is 2.28. The molecule has 2 heterocycles. The van der Waals surface area contributed by atoms with Crippen LogP contribution in [0.4, 0.5) is 10.5 Å². The average Bonchev–Trinajstić information content (AvgIpc) is 2.75. The van der Waals surface area contributed by atoms with E-state index in [0.29, 0.717) is 27.7 Å². The van der Waals surface area contributed by atoms with Crippen LogP contribution in [0.2, 0.25) is 0 Å². The van der Waals surface area contributed by atoms with E-state index in [1.807, 2.05) is 0 Å². The Morgan fingerprint density at radius 3 is 2.52 bits per heavy atom. The lowest BCUT2D eigenvalue weighted by molar-refractivity contribution is -0.116. The van der Waals surface area contributed by atoms with Crippen LogP contribution in [-0.4, -0.2) is 45.1 Å². The van der Waals surface area contributed by atoms with Gasteiger partial charge < -0.3 is 15.2 Å². The Kier molecular flexibility index (Phi) is 7.19. The minimum atomic E-state index is -0.264. The van der Waals surface area contributed by atoms with Crippen LogP contribution in [0.15, 0.2) is 58.5 Å². The van der Waals surface area contributed by atoms with Gasteiger partial charge in [0.2, 0.25) is 5.91 Å². The first kappa shape index (κ1) is 22.2. The van der Waals surface area contributed by atoms with Crippen molar-refractivity contribution in [1.82, 2.24) is 19.9 Å². The summed E-state index contributed by atoms with van der Waals surface area (Å²) in [5, 5.41) is 2.70. The maximum Gasteiger partial charge on any atom is 0.286 e. The molecule has 8 nitrogen and oxygen atoms in total. The van der Waals surface area contributed by atoms with Crippen molar-refractivity contribution >= 4 is 28.6 Å². The molecular weight excluding hydrogens is 414 g/mol. The third-order valence-corrected chi connectivity index (χ3v) is 5.62. The lowest BCUT2D eigenvalue weighted by Crippen LogP contribution is -2.20. The number of nitrogens with one attached hydrogen (secondary N) is 2. The van der Waals surface area contributed by atoms with E-state index < -0.39 is 0 Å². The van der Waals surface area contributed by atoms with Crippen LogP contribution in [0.5, 0.6) is 0 Å². The summed E-state index contributed by atoms with van der Waals surface area (Å²) in [6, 6.07) is 10.6. The summed E-state index contributed by atoms with van der Waals surface area (Å²) in [7, 11) is 3.34. The monoisotopic (exact) mass is 437 g/mol. The molecule has 0 aliphatic rings. The highest BCUT2D eigenvalue weighted by molar-refractivity contribution is 8.13. The van der Waals surface area contributed by atoms with E-state index >= 15 is 0 Å². The molecule has 0 atom stereocenters. The van der Waals surface area contributed by atoms with Gasteiger partial charge >= 0.3 is 0 Å². The summed E-state index contributed by atoms with van der Waals surface area (Å²) < 4.78 is 0. The average molecular weight is 438 g/mol. The zero-order valence-corrected chi connectivity index (χ0v) is 18.3. The Labute approximate surface area is 184 Å². The van der Waals surface area contributed by atoms with E-state index in [1.54, 1.807) is 69.8 Å². The predicted octanol–water partition coefficient (Wildman–Crippen LogP) is 3.49. The van der Waals surface area contributed by atoms with Crippen LogP contribution in [0.3, 0.4) is 0 Å². The SMILES string of the molecule is Cc1nc(-c2ccncc2)[nH]c(=O)c1CCC(=O)Nc1ccccc1SC(=O)N(C)C. The zero-order chi connectivity index (χ0) is 22.4. The lowest BCUT2D eigenvalue weighted by atomic mass is 10.1. The molecule has 3 rings (SSSR count). The van der Waals surface area contributed by atoms with Crippen molar-refractivity contribution in [3.8, 4) is 11.4 Å². The van der Waals surface area contributed by atoms with E-state index in [9.17, 15) is 14.4 Å². The standard InChI is InChI=1S/C22H23N5O3S/c1-14-16(21(29)26-20(24-14)15-10-12-23-13-11-15)8-9-19(28)25-17-6-4-5-7-18(17)31-22(30)27(2)3/h4-7,10-13H,8-9H2,1-3H3,(H,25,28)(H,24,26,29). The lowest BCUT2D eigenvalue weighted by Gasteiger charge is -2.13. The molecule has 0 fully saturated rings. The van der Waals surface area contributed by atoms with E-state index in [4.69, 9.17) is 0 Å². The number of hydrogen-bond donors (Lipinski definition) is 2. The van der Waals surface area contributed by atoms with Crippen molar-refractivity contribution in [2.45, 2.75) is 24.7 Å². The fraction of sp³-hybridized carbons (Fsp3) is 0.227. The van der Waals surface area contributed by atoms with Crippen molar-refractivity contribution in [3.63, 3.8) is 0 Å². The highest BCUT2D eigenvalue weighted by Gasteiger charge is 2.14. The summed E-state index contributed by atoms with van der Waals surface area (Å²) in [5.41, 5.74) is 2.11. The number of aromatic amines is 1. The second kappa shape index (κ2) is 10.0. The normalized spacial score (nSPS) is 10.5. The van der Waals surface area contributed by atoms with Gasteiger partial charge in [-0.25, -0.2) is 4.98 Å². The van der Waals surface area contributed by atoms with Crippen molar-refractivity contribution in [3.05, 3.63) is 70.4 Å². The van der Waals surface area contributed by atoms with Crippen molar-refractivity contribution in [1.29, 1.82) is 0 Å². The number of pyridine rings is 1. The van der Waals surface area contributed by atoms with Gasteiger partial charge in [0, 0.05) is 54.6 Å². The summed E-state index contributed by atoms with van der Waals surface area (Å²) >= 11 is 1.04. The third-order valence-electron chi connectivity index (χ3n) is 4.50. The molecule has 0 radical (unpaired) electrons. The zero-order valence-electron chi connectivity index (χ0n) is 17.5. The largest absolute Gasteiger partial charge is 0.339 e. The van der Waals surface area contributed by atoms with Gasteiger partial charge in [-0.1, -0.05) is 12.1 Å². The van der Waals surface area contributed by atoms with E-state index in [-0.39, 0.29) is 29.5 Å². The number of thioether (sulfide) groups is 1. The maximum absolute atomic E-state index is 12.6. The quantitative estimate of drug-likeness (QED) is 0.572. The number of anilines is 1. The molecule has 2 amide bonds. The summed E-state index contributed by atoms with van der Waals surface area (Å²) in [6.45, 7) is 1.76. The molecule has 0 unspecified atom stereocenters. The Morgan fingerprint density at radius 1 is 1.13 bits per heavy atom. The summed E-state index contributed by atoms with van der Waals surface area (Å²) in [6.07, 6.45) is 3.62. The topological polar surface area (TPSA) is 108 Å². The van der Waals surface area contributed by atoms with Crippen molar-refractivity contribution in [2.75, 3.05) is 19.4 Å². The molecule has 160 valence electrons. The van der Waals surface area contributed by atoms with Gasteiger partial charge in [0.1, 0.15) is 5.82 Å². The molecule has 3 aromatic rings. The summed E-state index contributed by atoms with van der Waals surface area (Å²) in [5.74, 6) is 0.219. The van der Waals surface area contributed by atoms with E-state index in [2.05, 4.69) is 20.3 Å². The molecule has 9 heteroatoms. The second-order valence-corrected chi connectivity index (χ2v) is 8.01. The molecule has 2 aromatic heterocycles. The van der Waals surface area contributed by atoms with Crippen LogP contribution in [0.25, 0.3) is 11.4 Å². The molecule has 0 bridgehead atoms. The fourth-order valence-corrected chi connectivity index (χ4v) is 3.59. The van der Waals surface area contributed by atoms with Gasteiger partial charge in [-0.2, -0.15) is 0 Å². The Balaban J connectivity index is 1.68. The second-order valence-electron chi connectivity index (χ2n) is 7.02. The smallest absolute Gasteiger partial charge is 0.286 e. The van der Waals surface area contributed by atoms with Gasteiger partial charge in [-0.05, 0) is 49.4 Å². The number of rotatable bonds is 6. The summed E-state index contributed by atoms with van der Waals surface area (Å²) in [4.78, 5) is 50.4. The van der Waals surface area contributed by atoms with E-state index in [0.717, 1.165) is 17.3 Å². The van der Waals surface area contributed by atoms with Crippen molar-refractivity contribution < 1.29 is 9.59 Å². The van der Waals surface area contributed by atoms with Crippen LogP contribution < -0.4 is 10.9 Å².